The first kappa shape index (κ1) is 24.2. The third-order valence-corrected chi connectivity index (χ3v) is 5.27. The van der Waals surface area contributed by atoms with Gasteiger partial charge in [-0.25, -0.2) is 4.98 Å². The fraction of sp³-hybridized carbons (Fsp3) is 0.167. The Kier molecular flexibility index (Phi) is 7.68. The average molecular weight is 484 g/mol. The number of nitrogens with one attached hydrogen (secondary N) is 2. The number of aryl methyl sites for hydroxylation is 1. The van der Waals surface area contributed by atoms with Gasteiger partial charge < -0.3 is 15.5 Å². The number of benzene rings is 2. The molecule has 3 aromatic rings. The van der Waals surface area contributed by atoms with E-state index in [0.717, 1.165) is 17.0 Å². The number of nitrogens with zero attached hydrogens (tertiary/aromatic N) is 3. The van der Waals surface area contributed by atoms with Gasteiger partial charge in [-0.1, -0.05) is 29.3 Å². The average Bonchev–Trinajstić information content (AvgIpc) is 2.76. The highest BCUT2D eigenvalue weighted by molar-refractivity contribution is 6.31. The standard InChI is InChI=1S/C24H23Cl2N5O2/c1-14-11-15(22(27-2)31(3)4)5-8-18(14)23(32)29-20-9-6-16(25)12-19(20)24(33)30-21-10-7-17(26)13-28-21/h5-13H,1-4H3,(H,29,32)(H,28,30,33)/b27-22-. The molecule has 0 unspecified atom stereocenters. The number of aliphatic imine (C=N–C) groups is 1. The van der Waals surface area contributed by atoms with Crippen molar-refractivity contribution in [3.8, 4) is 0 Å². The number of carbonyl (C=O) groups is 2. The minimum atomic E-state index is -0.468. The minimum Gasteiger partial charge on any atom is -0.363 e. The second kappa shape index (κ2) is 10.5. The Morgan fingerprint density at radius 1 is 0.909 bits per heavy atom. The minimum absolute atomic E-state index is 0.204. The highest BCUT2D eigenvalue weighted by Gasteiger charge is 2.18. The molecular weight excluding hydrogens is 461 g/mol. The summed E-state index contributed by atoms with van der Waals surface area (Å²) < 4.78 is 0. The lowest BCUT2D eigenvalue weighted by molar-refractivity contribution is 0.102. The first-order valence-corrected chi connectivity index (χ1v) is 10.7. The van der Waals surface area contributed by atoms with Crippen LogP contribution in [-0.2, 0) is 0 Å². The largest absolute Gasteiger partial charge is 0.363 e. The van der Waals surface area contributed by atoms with E-state index in [2.05, 4.69) is 20.6 Å². The van der Waals surface area contributed by atoms with E-state index < -0.39 is 5.91 Å². The number of aromatic nitrogens is 1. The summed E-state index contributed by atoms with van der Waals surface area (Å²) in [5, 5.41) is 6.30. The summed E-state index contributed by atoms with van der Waals surface area (Å²) >= 11 is 11.9. The number of hydrogen-bond acceptors (Lipinski definition) is 4. The van der Waals surface area contributed by atoms with Crippen molar-refractivity contribution >= 4 is 52.4 Å². The molecule has 0 atom stereocenters. The van der Waals surface area contributed by atoms with Crippen LogP contribution in [0.1, 0.15) is 31.8 Å². The van der Waals surface area contributed by atoms with E-state index in [1.165, 1.54) is 12.3 Å². The molecule has 0 bridgehead atoms. The van der Waals surface area contributed by atoms with E-state index in [1.807, 2.05) is 38.1 Å². The van der Waals surface area contributed by atoms with Gasteiger partial charge in [-0.05, 0) is 55.0 Å². The maximum absolute atomic E-state index is 13.0. The second-order valence-corrected chi connectivity index (χ2v) is 8.30. The van der Waals surface area contributed by atoms with Crippen LogP contribution in [0.4, 0.5) is 11.5 Å². The highest BCUT2D eigenvalue weighted by Crippen LogP contribution is 2.24. The molecular formula is C24H23Cl2N5O2. The summed E-state index contributed by atoms with van der Waals surface area (Å²) in [6.07, 6.45) is 1.43. The summed E-state index contributed by atoms with van der Waals surface area (Å²) in [4.78, 5) is 36.2. The lowest BCUT2D eigenvalue weighted by Crippen LogP contribution is -2.23. The number of rotatable bonds is 5. The first-order valence-electron chi connectivity index (χ1n) is 9.98. The van der Waals surface area contributed by atoms with E-state index in [0.29, 0.717) is 27.1 Å². The van der Waals surface area contributed by atoms with Crippen LogP contribution >= 0.6 is 23.2 Å². The molecule has 1 aromatic heterocycles. The molecule has 170 valence electrons. The van der Waals surface area contributed by atoms with E-state index in [1.54, 1.807) is 37.4 Å². The van der Waals surface area contributed by atoms with Gasteiger partial charge in [0.25, 0.3) is 11.8 Å². The Balaban J connectivity index is 1.85. The molecule has 1 heterocycles. The Labute approximate surface area is 202 Å². The van der Waals surface area contributed by atoms with Gasteiger partial charge in [0, 0.05) is 43.5 Å². The molecule has 2 aromatic carbocycles. The highest BCUT2D eigenvalue weighted by atomic mass is 35.5. The third kappa shape index (κ3) is 5.88. The smallest absolute Gasteiger partial charge is 0.258 e. The number of pyridine rings is 1. The fourth-order valence-electron chi connectivity index (χ4n) is 3.28. The lowest BCUT2D eigenvalue weighted by Gasteiger charge is -2.17. The molecule has 9 heteroatoms. The summed E-state index contributed by atoms with van der Waals surface area (Å²) in [6, 6.07) is 13.3. The molecule has 7 nitrogen and oxygen atoms in total. The Hall–Kier alpha value is -3.42. The van der Waals surface area contributed by atoms with Crippen LogP contribution in [0.3, 0.4) is 0 Å². The summed E-state index contributed by atoms with van der Waals surface area (Å²) in [5.74, 6) is 0.309. The van der Waals surface area contributed by atoms with Crippen LogP contribution in [-0.4, -0.2) is 48.7 Å². The molecule has 0 aliphatic carbocycles. The molecule has 0 aliphatic rings. The zero-order valence-corrected chi connectivity index (χ0v) is 20.1. The quantitative estimate of drug-likeness (QED) is 0.388. The predicted molar refractivity (Wildman–Crippen MR) is 134 cm³/mol. The van der Waals surface area contributed by atoms with Gasteiger partial charge in [0.2, 0.25) is 0 Å². The summed E-state index contributed by atoms with van der Waals surface area (Å²) in [7, 11) is 5.54. The van der Waals surface area contributed by atoms with Crippen LogP contribution in [0.2, 0.25) is 10.0 Å². The van der Waals surface area contributed by atoms with E-state index in [9.17, 15) is 9.59 Å². The number of carbonyl (C=O) groups excluding carboxylic acids is 2. The molecule has 3 rings (SSSR count). The van der Waals surface area contributed by atoms with Gasteiger partial charge in [-0.15, -0.1) is 0 Å². The third-order valence-electron chi connectivity index (χ3n) is 4.81. The molecule has 2 N–H and O–H groups in total. The lowest BCUT2D eigenvalue weighted by atomic mass is 10.0. The van der Waals surface area contributed by atoms with Crippen LogP contribution in [0.25, 0.3) is 0 Å². The van der Waals surface area contributed by atoms with Gasteiger partial charge in [0.15, 0.2) is 0 Å². The monoisotopic (exact) mass is 483 g/mol. The maximum Gasteiger partial charge on any atom is 0.258 e. The number of amides is 2. The van der Waals surface area contributed by atoms with Crippen molar-refractivity contribution in [2.75, 3.05) is 31.8 Å². The Morgan fingerprint density at radius 2 is 1.61 bits per heavy atom. The van der Waals surface area contributed by atoms with Gasteiger partial charge in [0.1, 0.15) is 11.7 Å². The topological polar surface area (TPSA) is 86.7 Å². The number of anilines is 2. The van der Waals surface area contributed by atoms with Crippen LogP contribution in [0.15, 0.2) is 59.7 Å². The SMILES string of the molecule is C/N=C(/c1ccc(C(=O)Nc2ccc(Cl)cc2C(=O)Nc2ccc(Cl)cn2)c(C)c1)N(C)C. The van der Waals surface area contributed by atoms with Crippen molar-refractivity contribution in [1.29, 1.82) is 0 Å². The second-order valence-electron chi connectivity index (χ2n) is 7.43. The van der Waals surface area contributed by atoms with Crippen molar-refractivity contribution in [3.63, 3.8) is 0 Å². The molecule has 0 saturated carbocycles. The first-order chi connectivity index (χ1) is 15.7. The van der Waals surface area contributed by atoms with Crippen molar-refractivity contribution in [2.24, 2.45) is 4.99 Å². The van der Waals surface area contributed by atoms with Gasteiger partial charge in [0.05, 0.1) is 16.3 Å². The molecule has 2 amide bonds. The predicted octanol–water partition coefficient (Wildman–Crippen LogP) is 5.14. The number of halogens is 2. The van der Waals surface area contributed by atoms with Crippen molar-refractivity contribution in [3.05, 3.63) is 87.0 Å². The molecule has 33 heavy (non-hydrogen) atoms. The zero-order valence-electron chi connectivity index (χ0n) is 18.6. The molecule has 0 radical (unpaired) electrons. The summed E-state index contributed by atoms with van der Waals surface area (Å²) in [6.45, 7) is 1.85. The van der Waals surface area contributed by atoms with Gasteiger partial charge >= 0.3 is 0 Å². The normalized spacial score (nSPS) is 11.2. The van der Waals surface area contributed by atoms with Crippen molar-refractivity contribution in [1.82, 2.24) is 9.88 Å². The van der Waals surface area contributed by atoms with E-state index in [4.69, 9.17) is 23.2 Å². The van der Waals surface area contributed by atoms with Crippen molar-refractivity contribution < 1.29 is 9.59 Å². The van der Waals surface area contributed by atoms with E-state index >= 15 is 0 Å². The van der Waals surface area contributed by atoms with Gasteiger partial charge in [-0.3, -0.25) is 14.6 Å². The Morgan fingerprint density at radius 3 is 2.21 bits per heavy atom. The number of amidine groups is 1. The molecule has 0 fully saturated rings. The van der Waals surface area contributed by atoms with Gasteiger partial charge in [-0.2, -0.15) is 0 Å². The van der Waals surface area contributed by atoms with Crippen LogP contribution in [0.5, 0.6) is 0 Å². The van der Waals surface area contributed by atoms with E-state index in [-0.39, 0.29) is 11.5 Å². The zero-order chi connectivity index (χ0) is 24.1. The fourth-order valence-corrected chi connectivity index (χ4v) is 3.57. The Bertz CT molecular complexity index is 1220. The molecule has 0 spiro atoms. The number of hydrogen-bond donors (Lipinski definition) is 2. The van der Waals surface area contributed by atoms with Crippen LogP contribution in [0, 0.1) is 6.92 Å². The van der Waals surface area contributed by atoms with Crippen molar-refractivity contribution in [2.45, 2.75) is 6.92 Å². The molecule has 0 saturated heterocycles. The maximum atomic E-state index is 13.0. The van der Waals surface area contributed by atoms with Crippen LogP contribution < -0.4 is 10.6 Å². The molecule has 0 aliphatic heterocycles. The summed E-state index contributed by atoms with van der Waals surface area (Å²) in [5.41, 5.74) is 2.68.